The zero-order valence-electron chi connectivity index (χ0n) is 11.2. The summed E-state index contributed by atoms with van der Waals surface area (Å²) in [4.78, 5) is 12.0. The molecule has 1 aliphatic rings. The van der Waals surface area contributed by atoms with Gasteiger partial charge in [0.05, 0.1) is 0 Å². The van der Waals surface area contributed by atoms with Gasteiger partial charge in [-0.2, -0.15) is 0 Å². The Balaban J connectivity index is 2.11. The molecule has 0 aromatic heterocycles. The normalized spacial score (nSPS) is 17.7. The molecule has 4 heteroatoms. The SMILES string of the molecule is COCCCNC1C(=O)Nc2c1ccc(C)c2C. The van der Waals surface area contributed by atoms with Crippen molar-refractivity contribution >= 4 is 11.6 Å². The molecule has 1 aliphatic heterocycles. The van der Waals surface area contributed by atoms with Crippen molar-refractivity contribution in [2.45, 2.75) is 26.3 Å². The van der Waals surface area contributed by atoms with Gasteiger partial charge in [-0.05, 0) is 37.9 Å². The zero-order valence-corrected chi connectivity index (χ0v) is 11.2. The molecule has 0 saturated heterocycles. The first-order valence-corrected chi connectivity index (χ1v) is 6.28. The molecule has 1 heterocycles. The molecule has 98 valence electrons. The Morgan fingerprint density at radius 1 is 1.39 bits per heavy atom. The van der Waals surface area contributed by atoms with Gasteiger partial charge in [-0.3, -0.25) is 4.79 Å². The van der Waals surface area contributed by atoms with E-state index in [4.69, 9.17) is 4.74 Å². The van der Waals surface area contributed by atoms with Gasteiger partial charge in [0.15, 0.2) is 0 Å². The predicted octanol–water partition coefficient (Wildman–Crippen LogP) is 1.92. The molecule has 0 fully saturated rings. The van der Waals surface area contributed by atoms with Gasteiger partial charge in [-0.1, -0.05) is 12.1 Å². The Morgan fingerprint density at radius 3 is 2.89 bits per heavy atom. The topological polar surface area (TPSA) is 50.4 Å². The van der Waals surface area contributed by atoms with Crippen LogP contribution in [0.1, 0.15) is 29.2 Å². The largest absolute Gasteiger partial charge is 0.385 e. The highest BCUT2D eigenvalue weighted by molar-refractivity contribution is 6.03. The Morgan fingerprint density at radius 2 is 2.17 bits per heavy atom. The summed E-state index contributed by atoms with van der Waals surface area (Å²) in [7, 11) is 1.68. The minimum Gasteiger partial charge on any atom is -0.385 e. The van der Waals surface area contributed by atoms with Crippen LogP contribution in [-0.4, -0.2) is 26.2 Å². The Labute approximate surface area is 108 Å². The van der Waals surface area contributed by atoms with E-state index in [0.717, 1.165) is 29.8 Å². The lowest BCUT2D eigenvalue weighted by molar-refractivity contribution is -0.117. The van der Waals surface area contributed by atoms with Gasteiger partial charge in [-0.25, -0.2) is 0 Å². The molecule has 0 bridgehead atoms. The van der Waals surface area contributed by atoms with Crippen molar-refractivity contribution in [3.63, 3.8) is 0 Å². The first kappa shape index (κ1) is 13.1. The van der Waals surface area contributed by atoms with E-state index in [1.165, 1.54) is 5.56 Å². The number of carbonyl (C=O) groups excluding carboxylic acids is 1. The molecule has 0 radical (unpaired) electrons. The van der Waals surface area contributed by atoms with Gasteiger partial charge in [0.1, 0.15) is 6.04 Å². The van der Waals surface area contributed by atoms with E-state index in [1.54, 1.807) is 7.11 Å². The fraction of sp³-hybridized carbons (Fsp3) is 0.500. The van der Waals surface area contributed by atoms with Crippen LogP contribution in [0, 0.1) is 13.8 Å². The first-order valence-electron chi connectivity index (χ1n) is 6.28. The van der Waals surface area contributed by atoms with E-state index in [2.05, 4.69) is 23.6 Å². The second kappa shape index (κ2) is 5.50. The molecule has 1 atom stereocenters. The second-order valence-corrected chi connectivity index (χ2v) is 4.69. The number of aryl methyl sites for hydroxylation is 1. The summed E-state index contributed by atoms with van der Waals surface area (Å²) >= 11 is 0. The maximum atomic E-state index is 12.0. The summed E-state index contributed by atoms with van der Waals surface area (Å²) in [6.07, 6.45) is 0.903. The van der Waals surface area contributed by atoms with Crippen LogP contribution in [0.5, 0.6) is 0 Å². The number of anilines is 1. The minimum absolute atomic E-state index is 0.0381. The van der Waals surface area contributed by atoms with E-state index in [-0.39, 0.29) is 11.9 Å². The minimum atomic E-state index is -0.226. The second-order valence-electron chi connectivity index (χ2n) is 4.69. The summed E-state index contributed by atoms with van der Waals surface area (Å²) in [5, 5.41) is 6.24. The number of fused-ring (bicyclic) bond motifs is 1. The van der Waals surface area contributed by atoms with Gasteiger partial charge in [0.25, 0.3) is 0 Å². The molecule has 0 saturated carbocycles. The van der Waals surface area contributed by atoms with Crippen molar-refractivity contribution in [1.82, 2.24) is 5.32 Å². The Kier molecular flexibility index (Phi) is 3.99. The number of hydrogen-bond donors (Lipinski definition) is 2. The van der Waals surface area contributed by atoms with Crippen molar-refractivity contribution in [3.05, 3.63) is 28.8 Å². The maximum absolute atomic E-state index is 12.0. The van der Waals surface area contributed by atoms with Crippen molar-refractivity contribution in [1.29, 1.82) is 0 Å². The number of benzene rings is 1. The summed E-state index contributed by atoms with van der Waals surface area (Å²) < 4.78 is 5.00. The van der Waals surface area contributed by atoms with Crippen LogP contribution in [0.3, 0.4) is 0 Å². The van der Waals surface area contributed by atoms with Crippen LogP contribution in [0.15, 0.2) is 12.1 Å². The number of carbonyl (C=O) groups is 1. The van der Waals surface area contributed by atoms with Crippen molar-refractivity contribution in [2.24, 2.45) is 0 Å². The fourth-order valence-electron chi connectivity index (χ4n) is 2.25. The monoisotopic (exact) mass is 248 g/mol. The molecule has 1 aromatic rings. The summed E-state index contributed by atoms with van der Waals surface area (Å²) in [5.74, 6) is 0.0381. The molecule has 2 N–H and O–H groups in total. The number of ether oxygens (including phenoxy) is 1. The maximum Gasteiger partial charge on any atom is 0.246 e. The highest BCUT2D eigenvalue weighted by atomic mass is 16.5. The third-order valence-corrected chi connectivity index (χ3v) is 3.46. The third kappa shape index (κ3) is 2.40. The van der Waals surface area contributed by atoms with E-state index in [9.17, 15) is 4.79 Å². The Bertz CT molecular complexity index is 457. The molecule has 2 rings (SSSR count). The average Bonchev–Trinajstić information content (AvgIpc) is 2.67. The third-order valence-electron chi connectivity index (χ3n) is 3.46. The molecule has 4 nitrogen and oxygen atoms in total. The van der Waals surface area contributed by atoms with Crippen molar-refractivity contribution in [3.8, 4) is 0 Å². The standard InChI is InChI=1S/C14H20N2O2/c1-9-5-6-11-12(10(9)2)16-14(17)13(11)15-7-4-8-18-3/h5-6,13,15H,4,7-8H2,1-3H3,(H,16,17). The van der Waals surface area contributed by atoms with Crippen molar-refractivity contribution in [2.75, 3.05) is 25.6 Å². The lowest BCUT2D eigenvalue weighted by Gasteiger charge is -2.12. The van der Waals surface area contributed by atoms with Crippen LogP contribution in [-0.2, 0) is 9.53 Å². The van der Waals surface area contributed by atoms with E-state index >= 15 is 0 Å². The number of rotatable bonds is 5. The van der Waals surface area contributed by atoms with E-state index < -0.39 is 0 Å². The lowest BCUT2D eigenvalue weighted by Crippen LogP contribution is -2.28. The van der Waals surface area contributed by atoms with E-state index in [0.29, 0.717) is 6.61 Å². The predicted molar refractivity (Wildman–Crippen MR) is 71.8 cm³/mol. The van der Waals surface area contributed by atoms with Crippen LogP contribution >= 0.6 is 0 Å². The number of hydrogen-bond acceptors (Lipinski definition) is 3. The molecule has 1 amide bonds. The highest BCUT2D eigenvalue weighted by Crippen LogP contribution is 2.34. The molecule has 18 heavy (non-hydrogen) atoms. The summed E-state index contributed by atoms with van der Waals surface area (Å²) in [6, 6.07) is 3.87. The summed E-state index contributed by atoms with van der Waals surface area (Å²) in [5.41, 5.74) is 4.39. The molecule has 1 unspecified atom stereocenters. The lowest BCUT2D eigenvalue weighted by atomic mass is 10.0. The average molecular weight is 248 g/mol. The number of nitrogens with one attached hydrogen (secondary N) is 2. The molecule has 1 aromatic carbocycles. The van der Waals surface area contributed by atoms with Crippen LogP contribution < -0.4 is 10.6 Å². The number of methoxy groups -OCH3 is 1. The quantitative estimate of drug-likeness (QED) is 0.783. The van der Waals surface area contributed by atoms with Gasteiger partial charge in [0.2, 0.25) is 5.91 Å². The zero-order chi connectivity index (χ0) is 13.1. The first-order chi connectivity index (χ1) is 8.65. The van der Waals surface area contributed by atoms with Gasteiger partial charge in [0, 0.05) is 25.0 Å². The van der Waals surface area contributed by atoms with Gasteiger partial charge >= 0.3 is 0 Å². The molecule has 0 spiro atoms. The van der Waals surface area contributed by atoms with Crippen LogP contribution in [0.4, 0.5) is 5.69 Å². The molecular formula is C14H20N2O2. The molecule has 0 aliphatic carbocycles. The van der Waals surface area contributed by atoms with Crippen molar-refractivity contribution < 1.29 is 9.53 Å². The van der Waals surface area contributed by atoms with Crippen LogP contribution in [0.2, 0.25) is 0 Å². The highest BCUT2D eigenvalue weighted by Gasteiger charge is 2.31. The Hall–Kier alpha value is -1.39. The van der Waals surface area contributed by atoms with Gasteiger partial charge in [-0.15, -0.1) is 0 Å². The summed E-state index contributed by atoms with van der Waals surface area (Å²) in [6.45, 7) is 5.59. The van der Waals surface area contributed by atoms with E-state index in [1.807, 2.05) is 13.0 Å². The smallest absolute Gasteiger partial charge is 0.246 e. The molecular weight excluding hydrogens is 228 g/mol. The fourth-order valence-corrected chi connectivity index (χ4v) is 2.25. The number of amides is 1. The van der Waals surface area contributed by atoms with Crippen LogP contribution in [0.25, 0.3) is 0 Å². The van der Waals surface area contributed by atoms with Gasteiger partial charge < -0.3 is 15.4 Å².